The van der Waals surface area contributed by atoms with Crippen LogP contribution in [0.15, 0.2) is 30.7 Å². The minimum atomic E-state index is -0.134. The molecule has 1 aliphatic carbocycles. The van der Waals surface area contributed by atoms with Crippen LogP contribution in [0.3, 0.4) is 0 Å². The van der Waals surface area contributed by atoms with Gasteiger partial charge in [-0.1, -0.05) is 24.5 Å². The standard InChI is InChI=1S/C15H20N6O/c22-15(18-12-4-2-1-3-5-12)17-10-13-11-21(20-19-13)14-6-8-16-9-7-14/h6-9,11-12H,1-5,10H2,(H2,17,18,22). The summed E-state index contributed by atoms with van der Waals surface area (Å²) in [6, 6.07) is 3.87. The van der Waals surface area contributed by atoms with Crippen molar-refractivity contribution in [1.29, 1.82) is 0 Å². The number of hydrogen-bond acceptors (Lipinski definition) is 4. The van der Waals surface area contributed by atoms with Crippen LogP contribution in [0, 0.1) is 0 Å². The first-order valence-corrected chi connectivity index (χ1v) is 7.67. The van der Waals surface area contributed by atoms with E-state index < -0.39 is 0 Å². The SMILES string of the molecule is O=C(NCc1cn(-c2ccncc2)nn1)NC1CCCCC1. The van der Waals surface area contributed by atoms with Gasteiger partial charge in [-0.2, -0.15) is 0 Å². The Hall–Kier alpha value is -2.44. The fourth-order valence-electron chi connectivity index (χ4n) is 2.66. The molecule has 22 heavy (non-hydrogen) atoms. The van der Waals surface area contributed by atoms with Crippen molar-refractivity contribution in [2.45, 2.75) is 44.7 Å². The van der Waals surface area contributed by atoms with Gasteiger partial charge in [0.1, 0.15) is 5.69 Å². The quantitative estimate of drug-likeness (QED) is 0.901. The van der Waals surface area contributed by atoms with Crippen LogP contribution in [-0.4, -0.2) is 32.1 Å². The zero-order valence-electron chi connectivity index (χ0n) is 12.4. The number of pyridine rings is 1. The van der Waals surface area contributed by atoms with Crippen LogP contribution in [0.25, 0.3) is 5.69 Å². The average Bonchev–Trinajstić information content (AvgIpc) is 3.04. The molecule has 0 aliphatic heterocycles. The van der Waals surface area contributed by atoms with E-state index >= 15 is 0 Å². The molecule has 2 amide bonds. The fourth-order valence-corrected chi connectivity index (χ4v) is 2.66. The molecule has 7 heteroatoms. The highest BCUT2D eigenvalue weighted by molar-refractivity contribution is 5.74. The van der Waals surface area contributed by atoms with Gasteiger partial charge in [0.25, 0.3) is 0 Å². The van der Waals surface area contributed by atoms with Crippen LogP contribution >= 0.6 is 0 Å². The van der Waals surface area contributed by atoms with Gasteiger partial charge in [-0.3, -0.25) is 4.98 Å². The van der Waals surface area contributed by atoms with E-state index in [1.807, 2.05) is 12.1 Å². The van der Waals surface area contributed by atoms with Crippen LogP contribution < -0.4 is 10.6 Å². The van der Waals surface area contributed by atoms with Crippen molar-refractivity contribution in [2.24, 2.45) is 0 Å². The summed E-state index contributed by atoms with van der Waals surface area (Å²) in [7, 11) is 0. The molecule has 0 atom stereocenters. The number of hydrogen-bond donors (Lipinski definition) is 2. The Morgan fingerprint density at radius 2 is 2.00 bits per heavy atom. The van der Waals surface area contributed by atoms with E-state index in [0.717, 1.165) is 24.2 Å². The topological polar surface area (TPSA) is 84.7 Å². The third-order valence-electron chi connectivity index (χ3n) is 3.84. The van der Waals surface area contributed by atoms with Crippen LogP contribution in [0.4, 0.5) is 4.79 Å². The van der Waals surface area contributed by atoms with E-state index in [0.29, 0.717) is 12.6 Å². The van der Waals surface area contributed by atoms with Crippen molar-refractivity contribution in [3.8, 4) is 5.69 Å². The Morgan fingerprint density at radius 1 is 1.23 bits per heavy atom. The van der Waals surface area contributed by atoms with Gasteiger partial charge in [0.05, 0.1) is 18.4 Å². The summed E-state index contributed by atoms with van der Waals surface area (Å²) in [4.78, 5) is 15.8. The van der Waals surface area contributed by atoms with E-state index in [2.05, 4.69) is 25.9 Å². The first-order valence-electron chi connectivity index (χ1n) is 7.67. The lowest BCUT2D eigenvalue weighted by Crippen LogP contribution is -2.42. The predicted octanol–water partition coefficient (Wildman–Crippen LogP) is 1.79. The zero-order valence-corrected chi connectivity index (χ0v) is 12.4. The summed E-state index contributed by atoms with van der Waals surface area (Å²) < 4.78 is 1.66. The highest BCUT2D eigenvalue weighted by atomic mass is 16.2. The normalized spacial score (nSPS) is 15.5. The molecule has 2 aromatic heterocycles. The van der Waals surface area contributed by atoms with Crippen molar-refractivity contribution in [2.75, 3.05) is 0 Å². The summed E-state index contributed by atoms with van der Waals surface area (Å²) in [6.07, 6.45) is 11.0. The molecule has 0 unspecified atom stereocenters. The van der Waals surface area contributed by atoms with Gasteiger partial charge in [0.15, 0.2) is 0 Å². The minimum Gasteiger partial charge on any atom is -0.335 e. The molecule has 116 valence electrons. The lowest BCUT2D eigenvalue weighted by Gasteiger charge is -2.22. The molecule has 2 aromatic rings. The van der Waals surface area contributed by atoms with E-state index in [1.165, 1.54) is 19.3 Å². The number of rotatable bonds is 4. The lowest BCUT2D eigenvalue weighted by molar-refractivity contribution is 0.232. The van der Waals surface area contributed by atoms with Gasteiger partial charge in [0, 0.05) is 18.4 Å². The van der Waals surface area contributed by atoms with Crippen LogP contribution in [-0.2, 0) is 6.54 Å². The maximum atomic E-state index is 11.9. The van der Waals surface area contributed by atoms with Crippen molar-refractivity contribution < 1.29 is 4.79 Å². The Balaban J connectivity index is 1.49. The maximum Gasteiger partial charge on any atom is 0.315 e. The number of carbonyl (C=O) groups is 1. The molecule has 2 heterocycles. The van der Waals surface area contributed by atoms with Crippen molar-refractivity contribution in [3.63, 3.8) is 0 Å². The minimum absolute atomic E-state index is 0.134. The number of carbonyl (C=O) groups excluding carboxylic acids is 1. The Labute approximate surface area is 129 Å². The van der Waals surface area contributed by atoms with Crippen molar-refractivity contribution >= 4 is 6.03 Å². The third kappa shape index (κ3) is 3.81. The van der Waals surface area contributed by atoms with Gasteiger partial charge >= 0.3 is 6.03 Å². The third-order valence-corrected chi connectivity index (χ3v) is 3.84. The Bertz CT molecular complexity index is 606. The summed E-state index contributed by atoms with van der Waals surface area (Å²) in [5.74, 6) is 0. The second-order valence-corrected chi connectivity index (χ2v) is 5.52. The molecule has 7 nitrogen and oxygen atoms in total. The molecule has 0 radical (unpaired) electrons. The van der Waals surface area contributed by atoms with Gasteiger partial charge in [-0.15, -0.1) is 5.10 Å². The number of amides is 2. The van der Waals surface area contributed by atoms with Crippen molar-refractivity contribution in [1.82, 2.24) is 30.6 Å². The molecule has 1 saturated carbocycles. The van der Waals surface area contributed by atoms with Crippen molar-refractivity contribution in [3.05, 3.63) is 36.4 Å². The molecule has 0 bridgehead atoms. The second-order valence-electron chi connectivity index (χ2n) is 5.52. The first kappa shape index (κ1) is 14.5. The van der Waals surface area contributed by atoms with Gasteiger partial charge in [-0.05, 0) is 25.0 Å². The first-order chi connectivity index (χ1) is 10.8. The maximum absolute atomic E-state index is 11.9. The molecule has 0 saturated heterocycles. The van der Waals surface area contributed by atoms with E-state index in [4.69, 9.17) is 0 Å². The molecule has 1 fully saturated rings. The highest BCUT2D eigenvalue weighted by Crippen LogP contribution is 2.17. The summed E-state index contributed by atoms with van der Waals surface area (Å²) in [5.41, 5.74) is 1.61. The molecular formula is C15H20N6O. The van der Waals surface area contributed by atoms with Crippen LogP contribution in [0.5, 0.6) is 0 Å². The number of urea groups is 1. The number of aromatic nitrogens is 4. The monoisotopic (exact) mass is 300 g/mol. The van der Waals surface area contributed by atoms with Crippen LogP contribution in [0.1, 0.15) is 37.8 Å². The molecule has 1 aliphatic rings. The molecule has 2 N–H and O–H groups in total. The highest BCUT2D eigenvalue weighted by Gasteiger charge is 2.15. The number of nitrogens with zero attached hydrogens (tertiary/aromatic N) is 4. The van der Waals surface area contributed by atoms with E-state index in [-0.39, 0.29) is 6.03 Å². The molecule has 3 rings (SSSR count). The van der Waals surface area contributed by atoms with Crippen LogP contribution in [0.2, 0.25) is 0 Å². The number of nitrogens with one attached hydrogen (secondary N) is 2. The molecule has 0 aromatic carbocycles. The van der Waals surface area contributed by atoms with Gasteiger partial charge < -0.3 is 10.6 Å². The zero-order chi connectivity index (χ0) is 15.2. The summed E-state index contributed by atoms with van der Waals surface area (Å²) in [6.45, 7) is 0.365. The second kappa shape index (κ2) is 7.02. The van der Waals surface area contributed by atoms with E-state index in [1.54, 1.807) is 23.3 Å². The Kier molecular flexibility index (Phi) is 4.62. The van der Waals surface area contributed by atoms with Gasteiger partial charge in [-0.25, -0.2) is 9.48 Å². The largest absolute Gasteiger partial charge is 0.335 e. The summed E-state index contributed by atoms with van der Waals surface area (Å²) in [5, 5.41) is 14.0. The van der Waals surface area contributed by atoms with Gasteiger partial charge in [0.2, 0.25) is 0 Å². The molecule has 0 spiro atoms. The summed E-state index contributed by atoms with van der Waals surface area (Å²) >= 11 is 0. The lowest BCUT2D eigenvalue weighted by atomic mass is 9.96. The average molecular weight is 300 g/mol. The smallest absolute Gasteiger partial charge is 0.315 e. The fraction of sp³-hybridized carbons (Fsp3) is 0.467. The van der Waals surface area contributed by atoms with E-state index in [9.17, 15) is 4.79 Å². The molecular weight excluding hydrogens is 280 g/mol. The predicted molar refractivity (Wildman–Crippen MR) is 81.4 cm³/mol. The Morgan fingerprint density at radius 3 is 2.77 bits per heavy atom.